The van der Waals surface area contributed by atoms with Gasteiger partial charge in [0.2, 0.25) is 0 Å². The van der Waals surface area contributed by atoms with Crippen LogP contribution in [0.25, 0.3) is 0 Å². The minimum absolute atomic E-state index is 0.212. The van der Waals surface area contributed by atoms with Crippen molar-refractivity contribution in [1.29, 1.82) is 0 Å². The monoisotopic (exact) mass is 159 g/mol. The van der Waals surface area contributed by atoms with Crippen LogP contribution in [0.4, 0.5) is 0 Å². The number of carbonyl (C=O) groups is 1. The van der Waals surface area contributed by atoms with E-state index < -0.39 is 9.28 Å². The van der Waals surface area contributed by atoms with E-state index in [9.17, 15) is 4.79 Å². The van der Waals surface area contributed by atoms with Crippen LogP contribution in [0.2, 0.25) is 6.04 Å². The first-order valence-electron chi connectivity index (χ1n) is 3.46. The summed E-state index contributed by atoms with van der Waals surface area (Å²) in [7, 11) is -1.20. The largest absolute Gasteiger partial charge is 0.492 e. The van der Waals surface area contributed by atoms with E-state index in [1.807, 2.05) is 0 Å². The summed E-state index contributed by atoms with van der Waals surface area (Å²) in [6.07, 6.45) is 2.25. The third kappa shape index (κ3) is 2.49. The molecule has 1 rings (SSSR count). The maximum Gasteiger partial charge on any atom is 0.459 e. The van der Waals surface area contributed by atoms with Crippen LogP contribution < -0.4 is 0 Å². The molecule has 1 radical (unpaired) electrons. The van der Waals surface area contributed by atoms with Crippen molar-refractivity contribution in [2.24, 2.45) is 0 Å². The fourth-order valence-electron chi connectivity index (χ4n) is 0.870. The van der Waals surface area contributed by atoms with Crippen LogP contribution in [0.3, 0.4) is 0 Å². The highest BCUT2D eigenvalue weighted by Gasteiger charge is 2.22. The summed E-state index contributed by atoms with van der Waals surface area (Å²) in [5, 5.41) is 0. The van der Waals surface area contributed by atoms with Gasteiger partial charge in [0, 0.05) is 19.6 Å². The molecule has 10 heavy (non-hydrogen) atoms. The summed E-state index contributed by atoms with van der Waals surface area (Å²) < 4.78 is 10.2. The van der Waals surface area contributed by atoms with Gasteiger partial charge >= 0.3 is 9.28 Å². The normalized spacial score (nSPS) is 20.5. The van der Waals surface area contributed by atoms with E-state index in [0.717, 1.165) is 25.5 Å². The molecule has 0 aromatic carbocycles. The van der Waals surface area contributed by atoms with Gasteiger partial charge in [0.25, 0.3) is 5.97 Å². The standard InChI is InChI=1S/C6H11O3Si/c1-6(7)9-10-5-3-2-4-8-10/h2-5H2,1H3. The van der Waals surface area contributed by atoms with Gasteiger partial charge in [-0.15, -0.1) is 0 Å². The Morgan fingerprint density at radius 3 is 2.90 bits per heavy atom. The Hall–Kier alpha value is -0.353. The van der Waals surface area contributed by atoms with Crippen molar-refractivity contribution in [3.05, 3.63) is 0 Å². The molecule has 57 valence electrons. The van der Waals surface area contributed by atoms with Gasteiger partial charge in [-0.05, 0) is 12.8 Å². The summed E-state index contributed by atoms with van der Waals surface area (Å²) in [6.45, 7) is 2.19. The summed E-state index contributed by atoms with van der Waals surface area (Å²) in [6, 6.07) is 0.949. The maximum absolute atomic E-state index is 10.4. The lowest BCUT2D eigenvalue weighted by molar-refractivity contribution is -0.133. The van der Waals surface area contributed by atoms with Crippen LogP contribution in [0, 0.1) is 0 Å². The van der Waals surface area contributed by atoms with E-state index in [1.165, 1.54) is 6.92 Å². The number of carbonyl (C=O) groups excluding carboxylic acids is 1. The highest BCUT2D eigenvalue weighted by molar-refractivity contribution is 6.46. The van der Waals surface area contributed by atoms with Gasteiger partial charge in [-0.25, -0.2) is 0 Å². The van der Waals surface area contributed by atoms with E-state index in [4.69, 9.17) is 8.85 Å². The lowest BCUT2D eigenvalue weighted by atomic mass is 10.4. The molecule has 0 aromatic heterocycles. The number of hydrogen-bond acceptors (Lipinski definition) is 3. The molecule has 1 fully saturated rings. The first-order valence-corrected chi connectivity index (χ1v) is 4.98. The zero-order valence-corrected chi connectivity index (χ0v) is 7.05. The molecule has 1 aliphatic heterocycles. The number of hydrogen-bond donors (Lipinski definition) is 0. The van der Waals surface area contributed by atoms with Crippen molar-refractivity contribution >= 4 is 15.3 Å². The van der Waals surface area contributed by atoms with Crippen molar-refractivity contribution in [3.63, 3.8) is 0 Å². The third-order valence-electron chi connectivity index (χ3n) is 1.30. The average molecular weight is 159 g/mol. The predicted molar refractivity (Wildman–Crippen MR) is 37.5 cm³/mol. The van der Waals surface area contributed by atoms with Crippen molar-refractivity contribution in [2.45, 2.75) is 25.8 Å². The minimum Gasteiger partial charge on any atom is -0.492 e. The fraction of sp³-hybridized carbons (Fsp3) is 0.833. The van der Waals surface area contributed by atoms with E-state index in [1.54, 1.807) is 0 Å². The first-order chi connectivity index (χ1) is 4.79. The second-order valence-corrected chi connectivity index (χ2v) is 4.01. The molecule has 0 unspecified atom stereocenters. The topological polar surface area (TPSA) is 35.5 Å². The van der Waals surface area contributed by atoms with Crippen LogP contribution in [-0.4, -0.2) is 21.9 Å². The molecular formula is C6H11O3Si. The molecule has 0 amide bonds. The molecule has 0 bridgehead atoms. The van der Waals surface area contributed by atoms with Crippen molar-refractivity contribution in [1.82, 2.24) is 0 Å². The van der Waals surface area contributed by atoms with E-state index >= 15 is 0 Å². The van der Waals surface area contributed by atoms with Gasteiger partial charge in [-0.2, -0.15) is 0 Å². The van der Waals surface area contributed by atoms with Gasteiger partial charge in [0.1, 0.15) is 0 Å². The molecule has 3 nitrogen and oxygen atoms in total. The second-order valence-electron chi connectivity index (χ2n) is 2.27. The Morgan fingerprint density at radius 1 is 1.60 bits per heavy atom. The molecule has 1 saturated heterocycles. The smallest absolute Gasteiger partial charge is 0.459 e. The van der Waals surface area contributed by atoms with Crippen molar-refractivity contribution in [3.8, 4) is 0 Å². The van der Waals surface area contributed by atoms with Crippen molar-refractivity contribution in [2.75, 3.05) is 6.61 Å². The number of rotatable bonds is 1. The lowest BCUT2D eigenvalue weighted by Crippen LogP contribution is -2.28. The molecule has 0 spiro atoms. The molecule has 0 saturated carbocycles. The summed E-state index contributed by atoms with van der Waals surface area (Å²) in [5.41, 5.74) is 0. The van der Waals surface area contributed by atoms with Crippen LogP contribution in [-0.2, 0) is 13.6 Å². The maximum atomic E-state index is 10.4. The third-order valence-corrected chi connectivity index (χ3v) is 3.10. The minimum atomic E-state index is -1.20. The molecular weight excluding hydrogens is 148 g/mol. The highest BCUT2D eigenvalue weighted by Crippen LogP contribution is 2.11. The highest BCUT2D eigenvalue weighted by atomic mass is 28.3. The van der Waals surface area contributed by atoms with E-state index in [0.29, 0.717) is 0 Å². The summed E-state index contributed by atoms with van der Waals surface area (Å²) in [4.78, 5) is 10.4. The van der Waals surface area contributed by atoms with E-state index in [-0.39, 0.29) is 5.97 Å². The van der Waals surface area contributed by atoms with E-state index in [2.05, 4.69) is 0 Å². The quantitative estimate of drug-likeness (QED) is 0.532. The SMILES string of the molecule is CC(=O)O[Si]1CCCCO1. The Morgan fingerprint density at radius 2 is 2.40 bits per heavy atom. The zero-order chi connectivity index (χ0) is 7.40. The lowest BCUT2D eigenvalue weighted by Gasteiger charge is -2.17. The summed E-state index contributed by atoms with van der Waals surface area (Å²) in [5.74, 6) is -0.212. The zero-order valence-electron chi connectivity index (χ0n) is 6.05. The molecule has 0 N–H and O–H groups in total. The molecule has 1 heterocycles. The van der Waals surface area contributed by atoms with Crippen molar-refractivity contribution < 1.29 is 13.6 Å². The van der Waals surface area contributed by atoms with Crippen LogP contribution in [0.1, 0.15) is 19.8 Å². The molecule has 0 aliphatic carbocycles. The van der Waals surface area contributed by atoms with Crippen LogP contribution in [0.15, 0.2) is 0 Å². The van der Waals surface area contributed by atoms with Gasteiger partial charge in [-0.3, -0.25) is 4.79 Å². The Bertz CT molecular complexity index is 120. The van der Waals surface area contributed by atoms with Gasteiger partial charge in [-0.1, -0.05) is 0 Å². The van der Waals surface area contributed by atoms with Crippen LogP contribution >= 0.6 is 0 Å². The van der Waals surface area contributed by atoms with Crippen LogP contribution in [0.5, 0.6) is 0 Å². The fourth-order valence-corrected chi connectivity index (χ4v) is 2.41. The Balaban J connectivity index is 2.19. The van der Waals surface area contributed by atoms with Gasteiger partial charge in [0.15, 0.2) is 0 Å². The Labute approximate surface area is 62.2 Å². The predicted octanol–water partition coefficient (Wildman–Crippen LogP) is 0.848. The molecule has 4 heteroatoms. The summed E-state index contributed by atoms with van der Waals surface area (Å²) >= 11 is 0. The Kier molecular flexibility index (Phi) is 2.89. The van der Waals surface area contributed by atoms with Gasteiger partial charge in [0.05, 0.1) is 0 Å². The molecule has 0 atom stereocenters. The average Bonchev–Trinajstić information content (AvgIpc) is 1.88. The molecule has 0 aromatic rings. The van der Waals surface area contributed by atoms with Gasteiger partial charge < -0.3 is 8.85 Å². The molecule has 1 aliphatic rings. The second kappa shape index (κ2) is 3.73. The first kappa shape index (κ1) is 7.75.